The maximum absolute atomic E-state index is 12.8. The monoisotopic (exact) mass is 370 g/mol. The molecule has 0 unspecified atom stereocenters. The molecule has 0 saturated heterocycles. The van der Waals surface area contributed by atoms with Crippen LogP contribution in [-0.2, 0) is 10.0 Å². The predicted octanol–water partition coefficient (Wildman–Crippen LogP) is 2.88. The fraction of sp³-hybridized carbons (Fsp3) is 0.250. The van der Waals surface area contributed by atoms with Gasteiger partial charge in [-0.05, 0) is 49.1 Å². The topological polar surface area (TPSA) is 80.5 Å². The summed E-state index contributed by atoms with van der Waals surface area (Å²) < 4.78 is 23.1. The third kappa shape index (κ3) is 3.86. The van der Waals surface area contributed by atoms with Crippen molar-refractivity contribution in [1.82, 2.24) is 4.90 Å². The molecule has 1 aliphatic rings. The van der Waals surface area contributed by atoms with E-state index >= 15 is 0 Å². The van der Waals surface area contributed by atoms with Gasteiger partial charge in [0.25, 0.3) is 5.91 Å². The molecule has 0 aromatic heterocycles. The van der Waals surface area contributed by atoms with Gasteiger partial charge in [-0.3, -0.25) is 4.79 Å². The molecule has 0 saturated carbocycles. The highest BCUT2D eigenvalue weighted by atomic mass is 32.2. The smallest absolute Gasteiger partial charge is 0.254 e. The molecule has 1 amide bonds. The van der Waals surface area contributed by atoms with Crippen LogP contribution in [0.2, 0.25) is 0 Å². The Balaban J connectivity index is 1.81. The Kier molecular flexibility index (Phi) is 4.98. The number of hydrogen-bond acceptors (Lipinski definition) is 3. The first-order valence-corrected chi connectivity index (χ1v) is 9.99. The quantitative estimate of drug-likeness (QED) is 0.902. The van der Waals surface area contributed by atoms with Gasteiger partial charge < -0.3 is 4.90 Å². The van der Waals surface area contributed by atoms with Crippen molar-refractivity contribution >= 4 is 21.5 Å². The van der Waals surface area contributed by atoms with E-state index in [4.69, 9.17) is 5.14 Å². The minimum absolute atomic E-state index is 0.0423. The number of benzene rings is 2. The molecule has 26 heavy (non-hydrogen) atoms. The van der Waals surface area contributed by atoms with Gasteiger partial charge in [-0.2, -0.15) is 0 Å². The lowest BCUT2D eigenvalue weighted by Crippen LogP contribution is -2.35. The zero-order valence-electron chi connectivity index (χ0n) is 14.9. The Morgan fingerprint density at radius 2 is 1.77 bits per heavy atom. The molecule has 2 N–H and O–H groups in total. The van der Waals surface area contributed by atoms with Crippen LogP contribution < -0.4 is 5.14 Å². The van der Waals surface area contributed by atoms with Gasteiger partial charge >= 0.3 is 0 Å². The molecular formula is C20H22N2O3S. The maximum atomic E-state index is 12.8. The van der Waals surface area contributed by atoms with E-state index in [0.717, 1.165) is 12.0 Å². The number of hydrogen-bond donors (Lipinski definition) is 1. The van der Waals surface area contributed by atoms with E-state index in [0.29, 0.717) is 18.7 Å². The van der Waals surface area contributed by atoms with Gasteiger partial charge in [0.2, 0.25) is 10.0 Å². The number of primary sulfonamides is 1. The zero-order chi connectivity index (χ0) is 18.9. The highest BCUT2D eigenvalue weighted by molar-refractivity contribution is 7.89. The lowest BCUT2D eigenvalue weighted by Gasteiger charge is -2.27. The summed E-state index contributed by atoms with van der Waals surface area (Å²) in [4.78, 5) is 14.5. The SMILES string of the molecule is Cc1ccc(C2=CCN(C(=O)c3cc(S(N)(=O)=O)ccc3C)CC2)cc1. The first-order valence-electron chi connectivity index (χ1n) is 8.44. The number of nitrogens with two attached hydrogens (primary N) is 1. The summed E-state index contributed by atoms with van der Waals surface area (Å²) in [6.07, 6.45) is 2.83. The van der Waals surface area contributed by atoms with Crippen molar-refractivity contribution in [2.24, 2.45) is 5.14 Å². The van der Waals surface area contributed by atoms with Crippen LogP contribution in [-0.4, -0.2) is 32.3 Å². The average molecular weight is 370 g/mol. The summed E-state index contributed by atoms with van der Waals surface area (Å²) in [5, 5.41) is 5.19. The number of carbonyl (C=O) groups is 1. The Hall–Kier alpha value is -2.44. The third-order valence-electron chi connectivity index (χ3n) is 4.69. The molecule has 3 rings (SSSR count). The molecule has 0 fully saturated rings. The van der Waals surface area contributed by atoms with E-state index in [1.54, 1.807) is 17.9 Å². The highest BCUT2D eigenvalue weighted by Gasteiger charge is 2.22. The van der Waals surface area contributed by atoms with Crippen LogP contribution in [0, 0.1) is 13.8 Å². The number of aryl methyl sites for hydroxylation is 2. The number of sulfonamides is 1. The molecule has 5 nitrogen and oxygen atoms in total. The van der Waals surface area contributed by atoms with Crippen molar-refractivity contribution in [3.63, 3.8) is 0 Å². The predicted molar refractivity (Wildman–Crippen MR) is 102 cm³/mol. The van der Waals surface area contributed by atoms with Crippen LogP contribution in [0.3, 0.4) is 0 Å². The number of nitrogens with zero attached hydrogens (tertiary/aromatic N) is 1. The minimum Gasteiger partial charge on any atom is -0.335 e. The van der Waals surface area contributed by atoms with Crippen LogP contribution >= 0.6 is 0 Å². The Morgan fingerprint density at radius 3 is 2.35 bits per heavy atom. The standard InChI is InChI=1S/C20H22N2O3S/c1-14-3-6-16(7-4-14)17-9-11-22(12-10-17)20(23)19-13-18(26(21,24)25)8-5-15(19)2/h3-9,13H,10-12H2,1-2H3,(H2,21,24,25). The molecule has 136 valence electrons. The lowest BCUT2D eigenvalue weighted by atomic mass is 9.98. The van der Waals surface area contributed by atoms with Crippen molar-refractivity contribution in [3.05, 3.63) is 70.8 Å². The molecule has 1 heterocycles. The largest absolute Gasteiger partial charge is 0.335 e. The van der Waals surface area contributed by atoms with Crippen molar-refractivity contribution in [3.8, 4) is 0 Å². The van der Waals surface area contributed by atoms with Crippen LogP contribution in [0.1, 0.15) is 33.5 Å². The second-order valence-corrected chi connectivity index (χ2v) is 8.18. The summed E-state index contributed by atoms with van der Waals surface area (Å²) in [6, 6.07) is 12.8. The molecule has 2 aromatic rings. The van der Waals surface area contributed by atoms with Gasteiger partial charge in [0.15, 0.2) is 0 Å². The fourth-order valence-corrected chi connectivity index (χ4v) is 3.60. The molecule has 0 radical (unpaired) electrons. The van der Waals surface area contributed by atoms with E-state index in [1.807, 2.05) is 0 Å². The normalized spacial score (nSPS) is 14.9. The van der Waals surface area contributed by atoms with Crippen LogP contribution in [0.15, 0.2) is 53.4 Å². The molecule has 1 aliphatic heterocycles. The maximum Gasteiger partial charge on any atom is 0.254 e. The van der Waals surface area contributed by atoms with E-state index in [-0.39, 0.29) is 10.8 Å². The van der Waals surface area contributed by atoms with Gasteiger partial charge in [-0.1, -0.05) is 42.0 Å². The van der Waals surface area contributed by atoms with Crippen LogP contribution in [0.25, 0.3) is 5.57 Å². The first kappa shape index (κ1) is 18.4. The summed E-state index contributed by atoms with van der Waals surface area (Å²) in [5.74, 6) is -0.174. The van der Waals surface area contributed by atoms with E-state index in [9.17, 15) is 13.2 Å². The zero-order valence-corrected chi connectivity index (χ0v) is 15.7. The Morgan fingerprint density at radius 1 is 1.08 bits per heavy atom. The van der Waals surface area contributed by atoms with Gasteiger partial charge in [0.05, 0.1) is 4.90 Å². The summed E-state index contributed by atoms with van der Waals surface area (Å²) in [7, 11) is -3.84. The summed E-state index contributed by atoms with van der Waals surface area (Å²) in [6.45, 7) is 4.94. The Labute approximate surface area is 154 Å². The number of carbonyl (C=O) groups excluding carboxylic acids is 1. The lowest BCUT2D eigenvalue weighted by molar-refractivity contribution is 0.0772. The molecule has 0 aliphatic carbocycles. The van der Waals surface area contributed by atoms with Gasteiger partial charge in [0, 0.05) is 18.7 Å². The molecule has 6 heteroatoms. The fourth-order valence-electron chi connectivity index (χ4n) is 3.06. The van der Waals surface area contributed by atoms with E-state index < -0.39 is 10.0 Å². The van der Waals surface area contributed by atoms with Crippen molar-refractivity contribution in [2.45, 2.75) is 25.2 Å². The van der Waals surface area contributed by atoms with Gasteiger partial charge in [-0.25, -0.2) is 13.6 Å². The van der Waals surface area contributed by atoms with Crippen molar-refractivity contribution in [2.75, 3.05) is 13.1 Å². The molecule has 0 atom stereocenters. The molecule has 2 aromatic carbocycles. The first-order chi connectivity index (χ1) is 12.3. The number of amides is 1. The summed E-state index contributed by atoms with van der Waals surface area (Å²) in [5.41, 5.74) is 4.73. The van der Waals surface area contributed by atoms with Crippen molar-refractivity contribution in [1.29, 1.82) is 0 Å². The number of rotatable bonds is 3. The highest BCUT2D eigenvalue weighted by Crippen LogP contribution is 2.24. The summed E-state index contributed by atoms with van der Waals surface area (Å²) >= 11 is 0. The van der Waals surface area contributed by atoms with E-state index in [1.165, 1.54) is 28.8 Å². The van der Waals surface area contributed by atoms with Gasteiger partial charge in [0.1, 0.15) is 0 Å². The molecular weight excluding hydrogens is 348 g/mol. The Bertz CT molecular complexity index is 977. The van der Waals surface area contributed by atoms with Crippen LogP contribution in [0.5, 0.6) is 0 Å². The molecule has 0 spiro atoms. The molecule has 0 bridgehead atoms. The second-order valence-electron chi connectivity index (χ2n) is 6.62. The van der Waals surface area contributed by atoms with Crippen LogP contribution in [0.4, 0.5) is 0 Å². The third-order valence-corrected chi connectivity index (χ3v) is 5.60. The minimum atomic E-state index is -3.84. The average Bonchev–Trinajstić information content (AvgIpc) is 2.61. The van der Waals surface area contributed by atoms with E-state index in [2.05, 4.69) is 37.3 Å². The van der Waals surface area contributed by atoms with Gasteiger partial charge in [-0.15, -0.1) is 0 Å². The second kappa shape index (κ2) is 7.05. The van der Waals surface area contributed by atoms with Crippen molar-refractivity contribution < 1.29 is 13.2 Å².